The highest BCUT2D eigenvalue weighted by Crippen LogP contribution is 2.34. The van der Waals surface area contributed by atoms with Gasteiger partial charge in [0.15, 0.2) is 0 Å². The summed E-state index contributed by atoms with van der Waals surface area (Å²) in [6.07, 6.45) is 0. The van der Waals surface area contributed by atoms with Gasteiger partial charge in [-0.05, 0) is 55.0 Å². The molecule has 0 amide bonds. The third kappa shape index (κ3) is 2.84. The molecule has 22 heavy (non-hydrogen) atoms. The van der Waals surface area contributed by atoms with Crippen LogP contribution in [-0.2, 0) is 0 Å². The SMILES string of the molecule is Cc1cc(C#N)cc(N(c2ccccc2)c2ccccc2)c1. The van der Waals surface area contributed by atoms with Crippen molar-refractivity contribution in [3.05, 3.63) is 90.0 Å². The van der Waals surface area contributed by atoms with Crippen molar-refractivity contribution in [1.29, 1.82) is 5.26 Å². The first-order valence-electron chi connectivity index (χ1n) is 7.20. The Morgan fingerprint density at radius 2 is 1.27 bits per heavy atom. The Bertz CT molecular complexity index is 763. The van der Waals surface area contributed by atoms with E-state index < -0.39 is 0 Å². The summed E-state index contributed by atoms with van der Waals surface area (Å²) >= 11 is 0. The van der Waals surface area contributed by atoms with Gasteiger partial charge in [-0.25, -0.2) is 0 Å². The standard InChI is InChI=1S/C20H16N2/c1-16-12-17(15-21)14-20(13-16)22(18-8-4-2-5-9-18)19-10-6-3-7-11-19/h2-14H,1H3. The Kier molecular flexibility index (Phi) is 3.89. The molecule has 0 N–H and O–H groups in total. The summed E-state index contributed by atoms with van der Waals surface area (Å²) in [5, 5.41) is 9.24. The fourth-order valence-electron chi connectivity index (χ4n) is 2.56. The van der Waals surface area contributed by atoms with Crippen LogP contribution in [0.4, 0.5) is 17.1 Å². The van der Waals surface area contributed by atoms with Crippen molar-refractivity contribution in [3.63, 3.8) is 0 Å². The van der Waals surface area contributed by atoms with Crippen LogP contribution < -0.4 is 4.90 Å². The highest BCUT2D eigenvalue weighted by Gasteiger charge is 2.12. The summed E-state index contributed by atoms with van der Waals surface area (Å²) in [5.74, 6) is 0. The van der Waals surface area contributed by atoms with E-state index in [0.29, 0.717) is 5.56 Å². The predicted octanol–water partition coefficient (Wildman–Crippen LogP) is 5.34. The highest BCUT2D eigenvalue weighted by atomic mass is 15.1. The molecule has 0 bridgehead atoms. The normalized spacial score (nSPS) is 10.0. The number of nitriles is 1. The topological polar surface area (TPSA) is 27.0 Å². The lowest BCUT2D eigenvalue weighted by Gasteiger charge is -2.25. The van der Waals surface area contributed by atoms with Gasteiger partial charge < -0.3 is 4.90 Å². The second kappa shape index (κ2) is 6.15. The number of hydrogen-bond acceptors (Lipinski definition) is 2. The summed E-state index contributed by atoms with van der Waals surface area (Å²) in [7, 11) is 0. The highest BCUT2D eigenvalue weighted by molar-refractivity contribution is 5.77. The lowest BCUT2D eigenvalue weighted by atomic mass is 10.1. The third-order valence-electron chi connectivity index (χ3n) is 3.48. The van der Waals surface area contributed by atoms with Crippen molar-refractivity contribution in [1.82, 2.24) is 0 Å². The van der Waals surface area contributed by atoms with Gasteiger partial charge in [-0.15, -0.1) is 0 Å². The fourth-order valence-corrected chi connectivity index (χ4v) is 2.56. The van der Waals surface area contributed by atoms with Gasteiger partial charge in [-0.3, -0.25) is 0 Å². The van der Waals surface area contributed by atoms with E-state index in [1.165, 1.54) is 0 Å². The van der Waals surface area contributed by atoms with E-state index in [1.54, 1.807) is 0 Å². The largest absolute Gasteiger partial charge is 0.310 e. The molecular formula is C20H16N2. The molecule has 3 aromatic rings. The zero-order valence-electron chi connectivity index (χ0n) is 12.4. The van der Waals surface area contributed by atoms with E-state index in [0.717, 1.165) is 22.6 Å². The number of aryl methyl sites for hydroxylation is 1. The second-order valence-electron chi connectivity index (χ2n) is 5.18. The molecule has 0 saturated heterocycles. The van der Waals surface area contributed by atoms with Crippen LogP contribution >= 0.6 is 0 Å². The van der Waals surface area contributed by atoms with Crippen molar-refractivity contribution in [3.8, 4) is 6.07 Å². The van der Waals surface area contributed by atoms with Gasteiger partial charge >= 0.3 is 0 Å². The van der Waals surface area contributed by atoms with E-state index in [9.17, 15) is 5.26 Å². The smallest absolute Gasteiger partial charge is 0.0992 e. The van der Waals surface area contributed by atoms with Crippen molar-refractivity contribution in [2.24, 2.45) is 0 Å². The molecule has 0 aliphatic heterocycles. The Hall–Kier alpha value is -3.05. The van der Waals surface area contributed by atoms with E-state index >= 15 is 0 Å². The zero-order chi connectivity index (χ0) is 15.4. The minimum atomic E-state index is 0.673. The molecule has 0 radical (unpaired) electrons. The Morgan fingerprint density at radius 3 is 1.77 bits per heavy atom. The molecule has 0 spiro atoms. The summed E-state index contributed by atoms with van der Waals surface area (Å²) < 4.78 is 0. The number of para-hydroxylation sites is 2. The minimum Gasteiger partial charge on any atom is -0.310 e. The van der Waals surface area contributed by atoms with Gasteiger partial charge in [0.05, 0.1) is 11.6 Å². The average molecular weight is 284 g/mol. The maximum atomic E-state index is 9.24. The van der Waals surface area contributed by atoms with E-state index in [-0.39, 0.29) is 0 Å². The number of nitrogens with zero attached hydrogens (tertiary/aromatic N) is 2. The first-order valence-corrected chi connectivity index (χ1v) is 7.20. The van der Waals surface area contributed by atoms with E-state index in [2.05, 4.69) is 41.3 Å². The molecular weight excluding hydrogens is 268 g/mol. The lowest BCUT2D eigenvalue weighted by molar-refractivity contribution is 1.26. The summed E-state index contributed by atoms with van der Waals surface area (Å²) in [6.45, 7) is 2.01. The van der Waals surface area contributed by atoms with Crippen molar-refractivity contribution in [2.45, 2.75) is 6.92 Å². The van der Waals surface area contributed by atoms with Gasteiger partial charge in [0.25, 0.3) is 0 Å². The molecule has 2 heteroatoms. The Balaban J connectivity index is 2.19. The lowest BCUT2D eigenvalue weighted by Crippen LogP contribution is -2.10. The zero-order valence-corrected chi connectivity index (χ0v) is 12.4. The van der Waals surface area contributed by atoms with Crippen LogP contribution in [0.1, 0.15) is 11.1 Å². The van der Waals surface area contributed by atoms with Crippen molar-refractivity contribution in [2.75, 3.05) is 4.90 Å². The quantitative estimate of drug-likeness (QED) is 0.649. The molecule has 0 aromatic heterocycles. The van der Waals surface area contributed by atoms with Crippen LogP contribution in [0.2, 0.25) is 0 Å². The third-order valence-corrected chi connectivity index (χ3v) is 3.48. The Labute approximate surface area is 130 Å². The molecule has 106 valence electrons. The summed E-state index contributed by atoms with van der Waals surface area (Å²) in [6, 6.07) is 28.5. The van der Waals surface area contributed by atoms with Crippen LogP contribution in [-0.4, -0.2) is 0 Å². The monoisotopic (exact) mass is 284 g/mol. The minimum absolute atomic E-state index is 0.673. The number of rotatable bonds is 3. The van der Waals surface area contributed by atoms with Crippen molar-refractivity contribution >= 4 is 17.1 Å². The number of benzene rings is 3. The molecule has 3 aromatic carbocycles. The summed E-state index contributed by atoms with van der Waals surface area (Å²) in [5.41, 5.74) is 4.89. The van der Waals surface area contributed by atoms with Crippen LogP contribution in [0.3, 0.4) is 0 Å². The first kappa shape index (κ1) is 13.9. The second-order valence-corrected chi connectivity index (χ2v) is 5.18. The molecule has 0 aliphatic carbocycles. The molecule has 3 rings (SSSR count). The molecule has 2 nitrogen and oxygen atoms in total. The van der Waals surface area contributed by atoms with Crippen LogP contribution in [0, 0.1) is 18.3 Å². The van der Waals surface area contributed by atoms with E-state index in [4.69, 9.17) is 0 Å². The summed E-state index contributed by atoms with van der Waals surface area (Å²) in [4.78, 5) is 2.16. The fraction of sp³-hybridized carbons (Fsp3) is 0.0500. The predicted molar refractivity (Wildman–Crippen MR) is 90.6 cm³/mol. The van der Waals surface area contributed by atoms with Crippen LogP contribution in [0.25, 0.3) is 0 Å². The molecule has 0 unspecified atom stereocenters. The van der Waals surface area contributed by atoms with Gasteiger partial charge in [-0.1, -0.05) is 36.4 Å². The molecule has 0 aliphatic rings. The Morgan fingerprint density at radius 1 is 0.727 bits per heavy atom. The van der Waals surface area contributed by atoms with Gasteiger partial charge in [0.2, 0.25) is 0 Å². The van der Waals surface area contributed by atoms with Gasteiger partial charge in [0.1, 0.15) is 0 Å². The van der Waals surface area contributed by atoms with Gasteiger partial charge in [-0.2, -0.15) is 5.26 Å². The average Bonchev–Trinajstić information content (AvgIpc) is 2.56. The van der Waals surface area contributed by atoms with E-state index in [1.807, 2.05) is 55.5 Å². The number of hydrogen-bond donors (Lipinski definition) is 0. The maximum absolute atomic E-state index is 9.24. The molecule has 0 atom stereocenters. The van der Waals surface area contributed by atoms with Gasteiger partial charge in [0, 0.05) is 17.1 Å². The van der Waals surface area contributed by atoms with Crippen LogP contribution in [0.15, 0.2) is 78.9 Å². The molecule has 0 saturated carbocycles. The van der Waals surface area contributed by atoms with Crippen molar-refractivity contribution < 1.29 is 0 Å². The number of anilines is 3. The maximum Gasteiger partial charge on any atom is 0.0992 e. The molecule has 0 heterocycles. The first-order chi connectivity index (χ1) is 10.8. The van der Waals surface area contributed by atoms with Crippen LogP contribution in [0.5, 0.6) is 0 Å². The molecule has 0 fully saturated rings.